The highest BCUT2D eigenvalue weighted by Crippen LogP contribution is 2.37. The average Bonchev–Trinajstić information content (AvgIpc) is 3.28. The molecule has 2 aromatic carbocycles. The zero-order chi connectivity index (χ0) is 22.0. The molecule has 2 heterocycles. The van der Waals surface area contributed by atoms with Crippen LogP contribution in [0.2, 0.25) is 0 Å². The molecule has 4 aromatic rings. The molecule has 4 heteroatoms. The average molecular weight is 407 g/mol. The number of benzene rings is 2. The monoisotopic (exact) mass is 406 g/mol. The number of imidazole rings is 1. The molecule has 0 bridgehead atoms. The lowest BCUT2D eigenvalue weighted by atomic mass is 9.88. The molecule has 0 amide bonds. The van der Waals surface area contributed by atoms with Crippen LogP contribution >= 0.6 is 0 Å². The van der Waals surface area contributed by atoms with Gasteiger partial charge in [-0.1, -0.05) is 45.9 Å². The Morgan fingerprint density at radius 2 is 1.55 bits per heavy atom. The van der Waals surface area contributed by atoms with Gasteiger partial charge < -0.3 is 0 Å². The Balaban J connectivity index is 1.98. The summed E-state index contributed by atoms with van der Waals surface area (Å²) in [5.74, 6) is 1.49. The molecule has 0 atom stereocenters. The summed E-state index contributed by atoms with van der Waals surface area (Å²) in [6.07, 6.45) is 7.57. The lowest BCUT2D eigenvalue weighted by Crippen LogP contribution is -2.08. The summed E-state index contributed by atoms with van der Waals surface area (Å²) in [5.41, 5.74) is 7.56. The van der Waals surface area contributed by atoms with E-state index < -0.39 is 0 Å². The Morgan fingerprint density at radius 3 is 2.16 bits per heavy atom. The van der Waals surface area contributed by atoms with Gasteiger partial charge in [0.25, 0.3) is 0 Å². The van der Waals surface area contributed by atoms with E-state index in [1.165, 1.54) is 22.4 Å². The molecule has 0 radical (unpaired) electrons. The molecule has 2 aromatic heterocycles. The first kappa shape index (κ1) is 20.6. The minimum Gasteiger partial charge on any atom is -0.299 e. The zero-order valence-electron chi connectivity index (χ0n) is 18.4. The molecular weight excluding hydrogens is 380 g/mol. The number of rotatable bonds is 5. The van der Waals surface area contributed by atoms with Crippen LogP contribution < -0.4 is 0 Å². The van der Waals surface area contributed by atoms with Crippen LogP contribution in [0.4, 0.5) is 0 Å². The Hall–Kier alpha value is -3.71. The highest BCUT2D eigenvalue weighted by Gasteiger charge is 2.20. The molecule has 0 aliphatic carbocycles. The van der Waals surface area contributed by atoms with E-state index >= 15 is 0 Å². The number of pyridine rings is 1. The predicted octanol–water partition coefficient (Wildman–Crippen LogP) is 6.72. The number of aromatic nitrogens is 3. The molecule has 31 heavy (non-hydrogen) atoms. The van der Waals surface area contributed by atoms with Gasteiger partial charge in [-0.3, -0.25) is 9.55 Å². The summed E-state index contributed by atoms with van der Waals surface area (Å²) in [6.45, 7) is 8.90. The minimum atomic E-state index is 0.324. The van der Waals surface area contributed by atoms with Gasteiger partial charge in [-0.15, -0.1) is 0 Å². The first-order valence-corrected chi connectivity index (χ1v) is 10.6. The van der Waals surface area contributed by atoms with Crippen molar-refractivity contribution in [2.24, 2.45) is 0 Å². The molecule has 154 valence electrons. The van der Waals surface area contributed by atoms with Crippen LogP contribution in [0.25, 0.3) is 28.2 Å². The first-order valence-electron chi connectivity index (χ1n) is 10.6. The van der Waals surface area contributed by atoms with Crippen LogP contribution in [0.5, 0.6) is 0 Å². The Labute approximate surface area is 183 Å². The first-order chi connectivity index (χ1) is 15.0. The molecule has 4 rings (SSSR count). The third kappa shape index (κ3) is 4.00. The summed E-state index contributed by atoms with van der Waals surface area (Å²) in [6, 6.07) is 18.5. The minimum absolute atomic E-state index is 0.324. The van der Waals surface area contributed by atoms with E-state index in [-0.39, 0.29) is 0 Å². The molecule has 0 saturated carbocycles. The number of nitrogens with zero attached hydrogens (tertiary/aromatic N) is 4. The van der Waals surface area contributed by atoms with Crippen molar-refractivity contribution in [3.63, 3.8) is 0 Å². The van der Waals surface area contributed by atoms with Crippen molar-refractivity contribution in [2.75, 3.05) is 0 Å². The number of nitriles is 1. The van der Waals surface area contributed by atoms with E-state index in [2.05, 4.69) is 66.5 Å². The van der Waals surface area contributed by atoms with Crippen molar-refractivity contribution in [3.05, 3.63) is 90.0 Å². The van der Waals surface area contributed by atoms with Gasteiger partial charge in [0.15, 0.2) is 0 Å². The fourth-order valence-electron chi connectivity index (χ4n) is 3.96. The van der Waals surface area contributed by atoms with Crippen LogP contribution in [0, 0.1) is 11.3 Å². The highest BCUT2D eigenvalue weighted by molar-refractivity contribution is 5.71. The van der Waals surface area contributed by atoms with E-state index in [1.807, 2.05) is 48.9 Å². The summed E-state index contributed by atoms with van der Waals surface area (Å²) < 4.78 is 2.17. The van der Waals surface area contributed by atoms with Crippen LogP contribution in [0.1, 0.15) is 56.2 Å². The van der Waals surface area contributed by atoms with E-state index in [0.717, 1.165) is 17.0 Å². The van der Waals surface area contributed by atoms with Gasteiger partial charge in [0.2, 0.25) is 0 Å². The SMILES string of the molecule is CC(C)c1cc(-c2cccnc2)cc(C(C)C)c1-n1ccnc1-c1cccc(C#N)c1. The maximum atomic E-state index is 9.34. The lowest BCUT2D eigenvalue weighted by molar-refractivity contribution is 0.807. The molecule has 0 fully saturated rings. The summed E-state index contributed by atoms with van der Waals surface area (Å²) >= 11 is 0. The molecule has 4 nitrogen and oxygen atoms in total. The van der Waals surface area contributed by atoms with Gasteiger partial charge in [0, 0.05) is 35.9 Å². The molecule has 0 spiro atoms. The van der Waals surface area contributed by atoms with Crippen molar-refractivity contribution in [3.8, 4) is 34.3 Å². The van der Waals surface area contributed by atoms with Gasteiger partial charge in [0.1, 0.15) is 5.82 Å². The van der Waals surface area contributed by atoms with Gasteiger partial charge in [-0.2, -0.15) is 5.26 Å². The van der Waals surface area contributed by atoms with E-state index in [1.54, 1.807) is 6.20 Å². The molecule has 0 N–H and O–H groups in total. The number of hydrogen-bond acceptors (Lipinski definition) is 3. The summed E-state index contributed by atoms with van der Waals surface area (Å²) in [7, 11) is 0. The van der Waals surface area contributed by atoms with Crippen molar-refractivity contribution < 1.29 is 0 Å². The zero-order valence-corrected chi connectivity index (χ0v) is 18.4. The number of hydrogen-bond donors (Lipinski definition) is 0. The molecule has 0 aliphatic heterocycles. The predicted molar refractivity (Wildman–Crippen MR) is 125 cm³/mol. The van der Waals surface area contributed by atoms with Gasteiger partial charge in [-0.05, 0) is 58.9 Å². The Morgan fingerprint density at radius 1 is 0.839 bits per heavy atom. The maximum absolute atomic E-state index is 9.34. The molecule has 0 saturated heterocycles. The van der Waals surface area contributed by atoms with E-state index in [0.29, 0.717) is 17.4 Å². The second kappa shape index (κ2) is 8.57. The van der Waals surface area contributed by atoms with Crippen LogP contribution in [-0.2, 0) is 0 Å². The highest BCUT2D eigenvalue weighted by atomic mass is 15.1. The Bertz CT molecular complexity index is 1210. The lowest BCUT2D eigenvalue weighted by Gasteiger charge is -2.23. The van der Waals surface area contributed by atoms with Crippen LogP contribution in [-0.4, -0.2) is 14.5 Å². The van der Waals surface area contributed by atoms with E-state index in [4.69, 9.17) is 0 Å². The summed E-state index contributed by atoms with van der Waals surface area (Å²) in [4.78, 5) is 8.97. The standard InChI is InChI=1S/C27H26N4/c1-18(2)24-14-23(22-9-6-10-29-17-22)15-25(19(3)4)26(24)31-12-11-30-27(31)21-8-5-7-20(13-21)16-28/h5-15,17-19H,1-4H3. The van der Waals surface area contributed by atoms with Crippen molar-refractivity contribution in [2.45, 2.75) is 39.5 Å². The molecular formula is C27H26N4. The fraction of sp³-hybridized carbons (Fsp3) is 0.222. The quantitative estimate of drug-likeness (QED) is 0.370. The second-order valence-corrected chi connectivity index (χ2v) is 8.37. The molecule has 0 unspecified atom stereocenters. The van der Waals surface area contributed by atoms with Gasteiger partial charge in [0.05, 0.1) is 17.3 Å². The third-order valence-corrected chi connectivity index (χ3v) is 5.54. The third-order valence-electron chi connectivity index (χ3n) is 5.54. The smallest absolute Gasteiger partial charge is 0.144 e. The molecule has 0 aliphatic rings. The summed E-state index contributed by atoms with van der Waals surface area (Å²) in [5, 5.41) is 9.34. The van der Waals surface area contributed by atoms with Crippen LogP contribution in [0.3, 0.4) is 0 Å². The fourth-order valence-corrected chi connectivity index (χ4v) is 3.96. The van der Waals surface area contributed by atoms with Crippen molar-refractivity contribution in [1.82, 2.24) is 14.5 Å². The van der Waals surface area contributed by atoms with Crippen molar-refractivity contribution >= 4 is 0 Å². The largest absolute Gasteiger partial charge is 0.299 e. The second-order valence-electron chi connectivity index (χ2n) is 8.37. The van der Waals surface area contributed by atoms with Crippen LogP contribution in [0.15, 0.2) is 73.3 Å². The van der Waals surface area contributed by atoms with Gasteiger partial charge >= 0.3 is 0 Å². The van der Waals surface area contributed by atoms with E-state index in [9.17, 15) is 5.26 Å². The maximum Gasteiger partial charge on any atom is 0.144 e. The van der Waals surface area contributed by atoms with Crippen molar-refractivity contribution in [1.29, 1.82) is 5.26 Å². The topological polar surface area (TPSA) is 54.5 Å². The normalized spacial score (nSPS) is 11.1. The van der Waals surface area contributed by atoms with Gasteiger partial charge in [-0.25, -0.2) is 4.98 Å². The Kier molecular flexibility index (Phi) is 5.68.